The van der Waals surface area contributed by atoms with Gasteiger partial charge in [0.05, 0.1) is 23.5 Å². The summed E-state index contributed by atoms with van der Waals surface area (Å²) in [7, 11) is 0. The molecular formula is C15H12N4O2. The summed E-state index contributed by atoms with van der Waals surface area (Å²) in [6.07, 6.45) is 3.92. The molecule has 0 fully saturated rings. The maximum atomic E-state index is 12.1. The normalized spacial score (nSPS) is 14.0. The number of benzene rings is 1. The molecule has 0 saturated carbocycles. The van der Waals surface area contributed by atoms with Crippen LogP contribution in [0.1, 0.15) is 12.0 Å². The first-order chi connectivity index (χ1) is 10.3. The lowest BCUT2D eigenvalue weighted by Gasteiger charge is -2.10. The number of pyridine rings is 1. The van der Waals surface area contributed by atoms with Crippen LogP contribution in [-0.4, -0.2) is 23.0 Å². The fourth-order valence-corrected chi connectivity index (χ4v) is 2.16. The van der Waals surface area contributed by atoms with Gasteiger partial charge in [0.25, 0.3) is 5.91 Å². The topological polar surface area (TPSA) is 74.7 Å². The summed E-state index contributed by atoms with van der Waals surface area (Å²) < 4.78 is 0. The van der Waals surface area contributed by atoms with Crippen molar-refractivity contribution in [1.29, 1.82) is 0 Å². The van der Waals surface area contributed by atoms with Crippen molar-refractivity contribution in [3.05, 3.63) is 54.4 Å². The third-order valence-electron chi connectivity index (χ3n) is 3.12. The van der Waals surface area contributed by atoms with Gasteiger partial charge in [0.1, 0.15) is 0 Å². The van der Waals surface area contributed by atoms with Gasteiger partial charge in [-0.1, -0.05) is 18.2 Å². The average molecular weight is 280 g/mol. The second-order valence-corrected chi connectivity index (χ2v) is 4.45. The highest BCUT2D eigenvalue weighted by molar-refractivity contribution is 6.21. The van der Waals surface area contributed by atoms with E-state index in [0.29, 0.717) is 29.1 Å². The number of nitrogens with zero attached hydrogens (tertiary/aromatic N) is 3. The van der Waals surface area contributed by atoms with Gasteiger partial charge in [-0.25, -0.2) is 5.01 Å². The van der Waals surface area contributed by atoms with Gasteiger partial charge < -0.3 is 5.32 Å². The molecular weight excluding hydrogens is 268 g/mol. The Hall–Kier alpha value is -3.02. The van der Waals surface area contributed by atoms with Crippen LogP contribution in [0.15, 0.2) is 53.9 Å². The minimum Gasteiger partial charge on any atom is -0.328 e. The standard InChI is InChI=1S/C15H12N4O2/c20-10-17-13-6-7-16-9-12(13)14-8-15(21)19(18-14)11-4-2-1-3-5-11/h1-7,9-10H,8H2,(H,16,17,20). The highest BCUT2D eigenvalue weighted by atomic mass is 16.2. The molecule has 2 amide bonds. The quantitative estimate of drug-likeness (QED) is 0.868. The van der Waals surface area contributed by atoms with Crippen LogP contribution in [0.3, 0.4) is 0 Å². The zero-order chi connectivity index (χ0) is 14.7. The molecule has 1 aliphatic heterocycles. The molecule has 2 aromatic rings. The third kappa shape index (κ3) is 2.51. The molecule has 104 valence electrons. The van der Waals surface area contributed by atoms with Crippen molar-refractivity contribution in [3.63, 3.8) is 0 Å². The molecule has 1 aromatic carbocycles. The van der Waals surface area contributed by atoms with Crippen LogP contribution in [-0.2, 0) is 9.59 Å². The molecule has 1 aromatic heterocycles. The van der Waals surface area contributed by atoms with Crippen molar-refractivity contribution >= 4 is 29.4 Å². The summed E-state index contributed by atoms with van der Waals surface area (Å²) >= 11 is 0. The number of rotatable bonds is 4. The number of hydrogen-bond acceptors (Lipinski definition) is 4. The Bertz CT molecular complexity index is 713. The lowest BCUT2D eigenvalue weighted by atomic mass is 10.1. The second-order valence-electron chi connectivity index (χ2n) is 4.45. The lowest BCUT2D eigenvalue weighted by Crippen LogP contribution is -2.19. The number of aromatic nitrogens is 1. The second kappa shape index (κ2) is 5.54. The predicted molar refractivity (Wildman–Crippen MR) is 79.0 cm³/mol. The molecule has 21 heavy (non-hydrogen) atoms. The Morgan fingerprint density at radius 1 is 1.19 bits per heavy atom. The third-order valence-corrected chi connectivity index (χ3v) is 3.12. The average Bonchev–Trinajstić information content (AvgIpc) is 2.91. The summed E-state index contributed by atoms with van der Waals surface area (Å²) in [4.78, 5) is 26.8. The minimum absolute atomic E-state index is 0.114. The molecule has 0 unspecified atom stereocenters. The molecule has 0 spiro atoms. The first-order valence-corrected chi connectivity index (χ1v) is 6.39. The molecule has 3 rings (SSSR count). The van der Waals surface area contributed by atoms with Gasteiger partial charge in [-0.2, -0.15) is 5.10 Å². The molecule has 2 heterocycles. The van der Waals surface area contributed by atoms with E-state index in [0.717, 1.165) is 0 Å². The van der Waals surface area contributed by atoms with E-state index in [4.69, 9.17) is 0 Å². The summed E-state index contributed by atoms with van der Waals surface area (Å²) in [5, 5.41) is 8.32. The first-order valence-electron chi connectivity index (χ1n) is 6.39. The predicted octanol–water partition coefficient (Wildman–Crippen LogP) is 1.79. The smallest absolute Gasteiger partial charge is 0.253 e. The molecule has 1 aliphatic rings. The first kappa shape index (κ1) is 13.0. The van der Waals surface area contributed by atoms with E-state index in [1.807, 2.05) is 30.3 Å². The molecule has 1 N–H and O–H groups in total. The molecule has 0 radical (unpaired) electrons. The monoisotopic (exact) mass is 280 g/mol. The van der Waals surface area contributed by atoms with Gasteiger partial charge in [0.15, 0.2) is 0 Å². The summed E-state index contributed by atoms with van der Waals surface area (Å²) in [5.41, 5.74) is 2.53. The Labute approximate surface area is 121 Å². The van der Waals surface area contributed by atoms with E-state index in [9.17, 15) is 9.59 Å². The van der Waals surface area contributed by atoms with Crippen LogP contribution in [0.25, 0.3) is 0 Å². The molecule has 0 aliphatic carbocycles. The van der Waals surface area contributed by atoms with E-state index in [1.165, 1.54) is 5.01 Å². The van der Waals surface area contributed by atoms with Crippen LogP contribution < -0.4 is 10.3 Å². The van der Waals surface area contributed by atoms with E-state index in [-0.39, 0.29) is 12.3 Å². The van der Waals surface area contributed by atoms with Crippen LogP contribution >= 0.6 is 0 Å². The Balaban J connectivity index is 1.97. The number of amides is 2. The maximum Gasteiger partial charge on any atom is 0.253 e. The van der Waals surface area contributed by atoms with Crippen molar-refractivity contribution in [2.45, 2.75) is 6.42 Å². The number of hydrogen-bond donors (Lipinski definition) is 1. The van der Waals surface area contributed by atoms with E-state index in [1.54, 1.807) is 18.5 Å². The number of nitrogens with one attached hydrogen (secondary N) is 1. The van der Waals surface area contributed by atoms with E-state index < -0.39 is 0 Å². The fourth-order valence-electron chi connectivity index (χ4n) is 2.16. The summed E-state index contributed by atoms with van der Waals surface area (Å²) in [5.74, 6) is -0.114. The Kier molecular flexibility index (Phi) is 3.42. The summed E-state index contributed by atoms with van der Waals surface area (Å²) in [6.45, 7) is 0. The highest BCUT2D eigenvalue weighted by Gasteiger charge is 2.27. The zero-order valence-electron chi connectivity index (χ0n) is 11.1. The number of hydrazone groups is 1. The van der Waals surface area contributed by atoms with Gasteiger partial charge in [0.2, 0.25) is 6.41 Å². The number of para-hydroxylation sites is 1. The van der Waals surface area contributed by atoms with Crippen LogP contribution in [0.2, 0.25) is 0 Å². The van der Waals surface area contributed by atoms with Gasteiger partial charge in [-0.3, -0.25) is 14.6 Å². The largest absolute Gasteiger partial charge is 0.328 e. The Morgan fingerprint density at radius 3 is 2.76 bits per heavy atom. The number of carbonyl (C=O) groups is 2. The van der Waals surface area contributed by atoms with Gasteiger partial charge >= 0.3 is 0 Å². The SMILES string of the molecule is O=CNc1ccncc1C1=NN(c2ccccc2)C(=O)C1. The van der Waals surface area contributed by atoms with E-state index in [2.05, 4.69) is 15.4 Å². The van der Waals surface area contributed by atoms with Crippen molar-refractivity contribution in [2.24, 2.45) is 5.10 Å². The lowest BCUT2D eigenvalue weighted by molar-refractivity contribution is -0.116. The fraction of sp³-hybridized carbons (Fsp3) is 0.0667. The van der Waals surface area contributed by atoms with Gasteiger partial charge in [-0.05, 0) is 18.2 Å². The molecule has 0 atom stereocenters. The minimum atomic E-state index is -0.114. The maximum absolute atomic E-state index is 12.1. The summed E-state index contributed by atoms with van der Waals surface area (Å²) in [6, 6.07) is 10.9. The molecule has 6 heteroatoms. The van der Waals surface area contributed by atoms with Crippen LogP contribution in [0, 0.1) is 0 Å². The molecule has 6 nitrogen and oxygen atoms in total. The van der Waals surface area contributed by atoms with Crippen LogP contribution in [0.4, 0.5) is 11.4 Å². The van der Waals surface area contributed by atoms with E-state index >= 15 is 0 Å². The zero-order valence-corrected chi connectivity index (χ0v) is 11.1. The van der Waals surface area contributed by atoms with Gasteiger partial charge in [0, 0.05) is 18.0 Å². The Morgan fingerprint density at radius 2 is 2.00 bits per heavy atom. The van der Waals surface area contributed by atoms with Crippen molar-refractivity contribution in [1.82, 2.24) is 4.98 Å². The van der Waals surface area contributed by atoms with Crippen molar-refractivity contribution in [3.8, 4) is 0 Å². The van der Waals surface area contributed by atoms with Crippen LogP contribution in [0.5, 0.6) is 0 Å². The number of anilines is 2. The van der Waals surface area contributed by atoms with Crippen molar-refractivity contribution in [2.75, 3.05) is 10.3 Å². The molecule has 0 bridgehead atoms. The number of carbonyl (C=O) groups excluding carboxylic acids is 2. The molecule has 0 saturated heterocycles. The van der Waals surface area contributed by atoms with Crippen molar-refractivity contribution < 1.29 is 9.59 Å². The highest BCUT2D eigenvalue weighted by Crippen LogP contribution is 2.25. The van der Waals surface area contributed by atoms with Gasteiger partial charge in [-0.15, -0.1) is 0 Å².